The van der Waals surface area contributed by atoms with Crippen LogP contribution in [0.5, 0.6) is 0 Å². The number of hydrogen-bond donors (Lipinski definition) is 1. The minimum atomic E-state index is -0.526. The van der Waals surface area contributed by atoms with Crippen molar-refractivity contribution in [2.24, 2.45) is 0 Å². The van der Waals surface area contributed by atoms with Crippen molar-refractivity contribution in [1.29, 1.82) is 5.26 Å². The number of nitrogens with one attached hydrogen (secondary N) is 1. The topological polar surface area (TPSA) is 97.3 Å². The van der Waals surface area contributed by atoms with Crippen LogP contribution in [0, 0.1) is 25.2 Å². The number of esters is 1. The fraction of sp³-hybridized carbons (Fsp3) is 0.208. The van der Waals surface area contributed by atoms with E-state index in [1.165, 1.54) is 0 Å². The van der Waals surface area contributed by atoms with E-state index in [0.29, 0.717) is 17.8 Å². The molecule has 0 saturated carbocycles. The molecule has 2 heterocycles. The molecular weight excluding hydrogens is 394 g/mol. The third-order valence-electron chi connectivity index (χ3n) is 4.83. The maximum absolute atomic E-state index is 12.6. The first-order valence-electron chi connectivity index (χ1n) is 9.82. The van der Waals surface area contributed by atoms with Gasteiger partial charge < -0.3 is 19.0 Å². The Labute approximate surface area is 180 Å². The highest BCUT2D eigenvalue weighted by Gasteiger charge is 2.14. The van der Waals surface area contributed by atoms with E-state index in [2.05, 4.69) is 9.88 Å². The van der Waals surface area contributed by atoms with E-state index in [9.17, 15) is 14.9 Å². The molecular formula is C24H23N3O4. The van der Waals surface area contributed by atoms with Crippen LogP contribution in [0.4, 0.5) is 5.69 Å². The number of furan rings is 1. The minimum Gasteiger partial charge on any atom is -0.467 e. The van der Waals surface area contributed by atoms with E-state index in [0.717, 1.165) is 22.7 Å². The zero-order valence-corrected chi connectivity index (χ0v) is 17.6. The lowest BCUT2D eigenvalue weighted by Gasteiger charge is -2.08. The Kier molecular flexibility index (Phi) is 6.73. The van der Waals surface area contributed by atoms with Gasteiger partial charge in [0.15, 0.2) is 0 Å². The van der Waals surface area contributed by atoms with Crippen LogP contribution < -0.4 is 5.32 Å². The maximum atomic E-state index is 12.6. The molecule has 3 rings (SSSR count). The maximum Gasteiger partial charge on any atom is 0.338 e. The first kappa shape index (κ1) is 21.7. The molecule has 0 radical (unpaired) electrons. The summed E-state index contributed by atoms with van der Waals surface area (Å²) in [7, 11) is 0. The fourth-order valence-corrected chi connectivity index (χ4v) is 3.18. The number of benzene rings is 1. The van der Waals surface area contributed by atoms with E-state index >= 15 is 0 Å². The zero-order chi connectivity index (χ0) is 22.4. The van der Waals surface area contributed by atoms with Gasteiger partial charge in [-0.1, -0.05) is 0 Å². The highest BCUT2D eigenvalue weighted by molar-refractivity contribution is 6.09. The van der Waals surface area contributed by atoms with E-state index < -0.39 is 11.9 Å². The summed E-state index contributed by atoms with van der Waals surface area (Å²) in [5, 5.41) is 12.2. The summed E-state index contributed by atoms with van der Waals surface area (Å²) in [4.78, 5) is 24.3. The molecule has 31 heavy (non-hydrogen) atoms. The summed E-state index contributed by atoms with van der Waals surface area (Å²) in [6.07, 6.45) is 3.20. The summed E-state index contributed by atoms with van der Waals surface area (Å²) in [6, 6.07) is 13.9. The Morgan fingerprint density at radius 3 is 2.58 bits per heavy atom. The number of carbonyl (C=O) groups is 2. The van der Waals surface area contributed by atoms with Crippen molar-refractivity contribution in [3.63, 3.8) is 0 Å². The van der Waals surface area contributed by atoms with Gasteiger partial charge in [-0.3, -0.25) is 4.79 Å². The molecule has 158 valence electrons. The van der Waals surface area contributed by atoms with Gasteiger partial charge in [-0.25, -0.2) is 4.79 Å². The van der Waals surface area contributed by atoms with Gasteiger partial charge in [0.2, 0.25) is 0 Å². The Bertz CT molecular complexity index is 1150. The molecule has 0 bridgehead atoms. The fourth-order valence-electron chi connectivity index (χ4n) is 3.18. The predicted octanol–water partition coefficient (Wildman–Crippen LogP) is 4.47. The highest BCUT2D eigenvalue weighted by atomic mass is 16.5. The molecule has 2 aromatic heterocycles. The summed E-state index contributed by atoms with van der Waals surface area (Å²) in [6.45, 7) is 6.49. The van der Waals surface area contributed by atoms with Crippen LogP contribution in [0.25, 0.3) is 6.08 Å². The molecule has 7 nitrogen and oxygen atoms in total. The first-order valence-corrected chi connectivity index (χ1v) is 9.82. The number of ether oxygens (including phenoxy) is 1. The molecule has 7 heteroatoms. The van der Waals surface area contributed by atoms with Crippen molar-refractivity contribution in [1.82, 2.24) is 4.57 Å². The van der Waals surface area contributed by atoms with Gasteiger partial charge in [0.05, 0.1) is 25.0 Å². The molecule has 1 aromatic carbocycles. The number of aryl methyl sites for hydroxylation is 1. The van der Waals surface area contributed by atoms with E-state index in [1.807, 2.05) is 38.1 Å². The van der Waals surface area contributed by atoms with Crippen LogP contribution in [0.2, 0.25) is 0 Å². The molecule has 1 N–H and O–H groups in total. The molecule has 1 amide bonds. The number of aromatic nitrogens is 1. The smallest absolute Gasteiger partial charge is 0.338 e. The largest absolute Gasteiger partial charge is 0.467 e. The molecule has 0 aliphatic rings. The van der Waals surface area contributed by atoms with Crippen LogP contribution in [-0.4, -0.2) is 23.1 Å². The van der Waals surface area contributed by atoms with Crippen LogP contribution in [0.15, 0.2) is 58.7 Å². The lowest BCUT2D eigenvalue weighted by atomic mass is 10.1. The van der Waals surface area contributed by atoms with Crippen molar-refractivity contribution in [3.8, 4) is 6.07 Å². The highest BCUT2D eigenvalue weighted by Crippen LogP contribution is 2.21. The number of anilines is 1. The second kappa shape index (κ2) is 9.63. The number of hydrogen-bond acceptors (Lipinski definition) is 5. The van der Waals surface area contributed by atoms with Crippen molar-refractivity contribution < 1.29 is 18.7 Å². The van der Waals surface area contributed by atoms with Gasteiger partial charge in [0.25, 0.3) is 5.91 Å². The Morgan fingerprint density at radius 1 is 1.23 bits per heavy atom. The van der Waals surface area contributed by atoms with Crippen molar-refractivity contribution >= 4 is 23.6 Å². The summed E-state index contributed by atoms with van der Waals surface area (Å²) < 4.78 is 12.4. The average Bonchev–Trinajstić information content (AvgIpc) is 3.36. The zero-order valence-electron chi connectivity index (χ0n) is 17.6. The lowest BCUT2D eigenvalue weighted by Crippen LogP contribution is -2.13. The van der Waals surface area contributed by atoms with Gasteiger partial charge in [0.1, 0.15) is 17.4 Å². The third-order valence-corrected chi connectivity index (χ3v) is 4.83. The van der Waals surface area contributed by atoms with Crippen LogP contribution in [0.1, 0.15) is 40.0 Å². The van der Waals surface area contributed by atoms with E-state index in [1.54, 1.807) is 43.5 Å². The molecule has 0 aliphatic carbocycles. The van der Waals surface area contributed by atoms with Gasteiger partial charge >= 0.3 is 5.97 Å². The monoisotopic (exact) mass is 417 g/mol. The van der Waals surface area contributed by atoms with Gasteiger partial charge in [-0.2, -0.15) is 5.26 Å². The lowest BCUT2D eigenvalue weighted by molar-refractivity contribution is -0.112. The Balaban J connectivity index is 1.76. The van der Waals surface area contributed by atoms with Gasteiger partial charge in [-0.05, 0) is 74.9 Å². The second-order valence-electron chi connectivity index (χ2n) is 6.91. The molecule has 3 aromatic rings. The minimum absolute atomic E-state index is 0.0206. The molecule has 0 fully saturated rings. The quantitative estimate of drug-likeness (QED) is 0.348. The standard InChI is InChI=1S/C24H23N3O4/c1-4-30-24(29)18-7-9-21(10-8-18)26-23(28)20(14-25)13-19-12-16(2)27(17(19)3)15-22-6-5-11-31-22/h5-13H,4,15H2,1-3H3,(H,26,28)/b20-13+. The number of amides is 1. The van der Waals surface area contributed by atoms with E-state index in [4.69, 9.17) is 9.15 Å². The van der Waals surface area contributed by atoms with Crippen LogP contribution >= 0.6 is 0 Å². The number of carbonyl (C=O) groups excluding carboxylic acids is 2. The molecule has 0 unspecified atom stereocenters. The number of rotatable bonds is 7. The van der Waals surface area contributed by atoms with Crippen molar-refractivity contribution in [2.45, 2.75) is 27.3 Å². The predicted molar refractivity (Wildman–Crippen MR) is 116 cm³/mol. The Morgan fingerprint density at radius 2 is 1.97 bits per heavy atom. The Hall–Kier alpha value is -4.05. The first-order chi connectivity index (χ1) is 14.9. The van der Waals surface area contributed by atoms with E-state index in [-0.39, 0.29) is 12.2 Å². The van der Waals surface area contributed by atoms with Gasteiger partial charge in [0, 0.05) is 17.1 Å². The normalized spacial score (nSPS) is 11.1. The van der Waals surface area contributed by atoms with Crippen LogP contribution in [-0.2, 0) is 16.1 Å². The second-order valence-corrected chi connectivity index (χ2v) is 6.91. The van der Waals surface area contributed by atoms with Crippen molar-refractivity contribution in [3.05, 3.63) is 82.6 Å². The molecule has 0 atom stereocenters. The van der Waals surface area contributed by atoms with Gasteiger partial charge in [-0.15, -0.1) is 0 Å². The number of nitriles is 1. The third kappa shape index (κ3) is 5.11. The van der Waals surface area contributed by atoms with Crippen LogP contribution in [0.3, 0.4) is 0 Å². The SMILES string of the molecule is CCOC(=O)c1ccc(NC(=O)/C(C#N)=C/c2cc(C)n(Cc3ccco3)c2C)cc1. The summed E-state index contributed by atoms with van der Waals surface area (Å²) in [5.74, 6) is -0.132. The number of nitrogens with zero attached hydrogens (tertiary/aromatic N) is 2. The molecule has 0 saturated heterocycles. The average molecular weight is 417 g/mol. The molecule has 0 aliphatic heterocycles. The summed E-state index contributed by atoms with van der Waals surface area (Å²) >= 11 is 0. The van der Waals surface area contributed by atoms with Crippen molar-refractivity contribution in [2.75, 3.05) is 11.9 Å². The molecule has 0 spiro atoms. The summed E-state index contributed by atoms with van der Waals surface area (Å²) in [5.41, 5.74) is 3.55.